The van der Waals surface area contributed by atoms with Gasteiger partial charge in [-0.05, 0) is 23.6 Å². The van der Waals surface area contributed by atoms with Crippen LogP contribution >= 0.6 is 11.3 Å². The lowest BCUT2D eigenvalue weighted by atomic mass is 10.1. The summed E-state index contributed by atoms with van der Waals surface area (Å²) in [6.07, 6.45) is 0. The van der Waals surface area contributed by atoms with E-state index in [0.29, 0.717) is 0 Å². The molecule has 1 atom stereocenters. The number of rotatable bonds is 2. The smallest absolute Gasteiger partial charge is 0.0820 e. The normalized spacial score (nSPS) is 12.8. The third kappa shape index (κ3) is 1.95. The van der Waals surface area contributed by atoms with Crippen LogP contribution in [0, 0.1) is 0 Å². The first-order chi connectivity index (χ1) is 8.34. The van der Waals surface area contributed by atoms with E-state index in [-0.39, 0.29) is 6.04 Å². The summed E-state index contributed by atoms with van der Waals surface area (Å²) >= 11 is 1.67. The van der Waals surface area contributed by atoms with Gasteiger partial charge in [-0.25, -0.2) is 0 Å². The average molecular weight is 240 g/mol. The van der Waals surface area contributed by atoms with E-state index < -0.39 is 0 Å². The number of thiophene rings is 1. The van der Waals surface area contributed by atoms with E-state index >= 15 is 0 Å². The molecule has 3 heteroatoms. The first-order valence-corrected chi connectivity index (χ1v) is 6.37. The number of hydrogen-bond donors (Lipinski definition) is 1. The predicted molar refractivity (Wildman–Crippen MR) is 72.1 cm³/mol. The fourth-order valence-corrected chi connectivity index (χ4v) is 2.61. The maximum atomic E-state index is 6.20. The summed E-state index contributed by atoms with van der Waals surface area (Å²) < 4.78 is 0. The molecule has 0 aliphatic heterocycles. The van der Waals surface area contributed by atoms with Gasteiger partial charge in [0.05, 0.1) is 17.3 Å². The largest absolute Gasteiger partial charge is 0.318 e. The van der Waals surface area contributed by atoms with Crippen molar-refractivity contribution in [2.24, 2.45) is 5.73 Å². The van der Waals surface area contributed by atoms with Crippen LogP contribution in [0.3, 0.4) is 0 Å². The van der Waals surface area contributed by atoms with E-state index in [1.807, 2.05) is 41.8 Å². The first kappa shape index (κ1) is 10.4. The van der Waals surface area contributed by atoms with Crippen LogP contribution in [-0.4, -0.2) is 4.98 Å². The lowest BCUT2D eigenvalue weighted by Gasteiger charge is -2.09. The van der Waals surface area contributed by atoms with Gasteiger partial charge in [0.25, 0.3) is 0 Å². The Hall–Kier alpha value is -1.71. The highest BCUT2D eigenvalue weighted by Crippen LogP contribution is 2.23. The minimum absolute atomic E-state index is 0.125. The van der Waals surface area contributed by atoms with E-state index in [1.165, 1.54) is 0 Å². The molecule has 0 aliphatic carbocycles. The molecule has 0 spiro atoms. The molecule has 0 saturated heterocycles. The van der Waals surface area contributed by atoms with Crippen molar-refractivity contribution < 1.29 is 0 Å². The molecule has 0 bridgehead atoms. The van der Waals surface area contributed by atoms with Crippen molar-refractivity contribution in [3.8, 4) is 0 Å². The summed E-state index contributed by atoms with van der Waals surface area (Å²) in [5.41, 5.74) is 8.12. The molecule has 0 aliphatic rings. The van der Waals surface area contributed by atoms with Crippen LogP contribution in [0.5, 0.6) is 0 Å². The van der Waals surface area contributed by atoms with Crippen LogP contribution < -0.4 is 5.73 Å². The van der Waals surface area contributed by atoms with Gasteiger partial charge in [-0.3, -0.25) is 4.98 Å². The van der Waals surface area contributed by atoms with Gasteiger partial charge in [0, 0.05) is 10.3 Å². The summed E-state index contributed by atoms with van der Waals surface area (Å²) in [6, 6.07) is 16.1. The van der Waals surface area contributed by atoms with Gasteiger partial charge in [-0.15, -0.1) is 11.3 Å². The number of hydrogen-bond acceptors (Lipinski definition) is 3. The van der Waals surface area contributed by atoms with E-state index in [4.69, 9.17) is 5.73 Å². The maximum Gasteiger partial charge on any atom is 0.0820 e. The lowest BCUT2D eigenvalue weighted by Crippen LogP contribution is -2.11. The molecule has 0 fully saturated rings. The second kappa shape index (κ2) is 4.28. The summed E-state index contributed by atoms with van der Waals surface area (Å²) in [7, 11) is 0. The van der Waals surface area contributed by atoms with Gasteiger partial charge < -0.3 is 5.73 Å². The number of nitrogens with zero attached hydrogens (tertiary/aromatic N) is 1. The fraction of sp³-hybridized carbons (Fsp3) is 0.0714. The van der Waals surface area contributed by atoms with Gasteiger partial charge in [0.2, 0.25) is 0 Å². The Morgan fingerprint density at radius 3 is 2.71 bits per heavy atom. The number of nitrogens with two attached hydrogens (primary N) is 1. The summed E-state index contributed by atoms with van der Waals surface area (Å²) in [5.74, 6) is 0. The van der Waals surface area contributed by atoms with Gasteiger partial charge in [-0.1, -0.05) is 30.3 Å². The van der Waals surface area contributed by atoms with Gasteiger partial charge in [-0.2, -0.15) is 0 Å². The number of benzene rings is 1. The predicted octanol–water partition coefficient (Wildman–Crippen LogP) is 3.34. The second-order valence-corrected chi connectivity index (χ2v) is 4.90. The summed E-state index contributed by atoms with van der Waals surface area (Å²) in [6.45, 7) is 0. The summed E-state index contributed by atoms with van der Waals surface area (Å²) in [5, 5.41) is 3.19. The van der Waals surface area contributed by atoms with Crippen LogP contribution in [-0.2, 0) is 0 Å². The second-order valence-electron chi connectivity index (χ2n) is 3.92. The Labute approximate surface area is 104 Å². The third-order valence-electron chi connectivity index (χ3n) is 2.79. The molecule has 2 aromatic heterocycles. The van der Waals surface area contributed by atoms with Crippen LogP contribution in [0.1, 0.15) is 16.6 Å². The molecule has 1 aromatic carbocycles. The van der Waals surface area contributed by atoms with Gasteiger partial charge >= 0.3 is 0 Å². The number of aromatic nitrogens is 1. The zero-order valence-electron chi connectivity index (χ0n) is 9.21. The van der Waals surface area contributed by atoms with Crippen molar-refractivity contribution in [3.05, 3.63) is 64.5 Å². The SMILES string of the molecule is NC(c1ccc2ccccc2n1)c1cccs1. The number of pyridine rings is 1. The lowest BCUT2D eigenvalue weighted by molar-refractivity contribution is 0.855. The zero-order chi connectivity index (χ0) is 11.7. The van der Waals surface area contributed by atoms with Gasteiger partial charge in [0.1, 0.15) is 0 Å². The Kier molecular flexibility index (Phi) is 2.63. The molecule has 3 rings (SSSR count). The standard InChI is InChI=1S/C14H12N2S/c15-14(13-6-3-9-17-13)12-8-7-10-4-1-2-5-11(10)16-12/h1-9,14H,15H2. The van der Waals surface area contributed by atoms with E-state index in [1.54, 1.807) is 11.3 Å². The third-order valence-corrected chi connectivity index (χ3v) is 3.74. The van der Waals surface area contributed by atoms with Gasteiger partial charge in [0.15, 0.2) is 0 Å². The average Bonchev–Trinajstić information content (AvgIpc) is 2.91. The topological polar surface area (TPSA) is 38.9 Å². The molecule has 2 N–H and O–H groups in total. The zero-order valence-corrected chi connectivity index (χ0v) is 10.0. The quantitative estimate of drug-likeness (QED) is 0.746. The van der Waals surface area contributed by atoms with Crippen molar-refractivity contribution in [2.45, 2.75) is 6.04 Å². The van der Waals surface area contributed by atoms with Crippen LogP contribution in [0.25, 0.3) is 10.9 Å². The van der Waals surface area contributed by atoms with Crippen LogP contribution in [0.15, 0.2) is 53.9 Å². The number of fused-ring (bicyclic) bond motifs is 1. The Morgan fingerprint density at radius 2 is 1.88 bits per heavy atom. The summed E-state index contributed by atoms with van der Waals surface area (Å²) in [4.78, 5) is 5.76. The Bertz CT molecular complexity index is 632. The van der Waals surface area contributed by atoms with E-state index in [0.717, 1.165) is 21.5 Å². The van der Waals surface area contributed by atoms with Crippen molar-refractivity contribution >= 4 is 22.2 Å². The van der Waals surface area contributed by atoms with Crippen molar-refractivity contribution in [1.82, 2.24) is 4.98 Å². The van der Waals surface area contributed by atoms with E-state index in [9.17, 15) is 0 Å². The van der Waals surface area contributed by atoms with Crippen LogP contribution in [0.4, 0.5) is 0 Å². The minimum Gasteiger partial charge on any atom is -0.318 e. The molecule has 17 heavy (non-hydrogen) atoms. The molecule has 2 nitrogen and oxygen atoms in total. The van der Waals surface area contributed by atoms with Crippen LogP contribution in [0.2, 0.25) is 0 Å². The molecule has 84 valence electrons. The van der Waals surface area contributed by atoms with Crippen molar-refractivity contribution in [1.29, 1.82) is 0 Å². The minimum atomic E-state index is -0.125. The molecule has 1 unspecified atom stereocenters. The number of para-hydroxylation sites is 1. The van der Waals surface area contributed by atoms with Crippen molar-refractivity contribution in [3.63, 3.8) is 0 Å². The monoisotopic (exact) mass is 240 g/mol. The molecule has 0 radical (unpaired) electrons. The Morgan fingerprint density at radius 1 is 1.00 bits per heavy atom. The highest BCUT2D eigenvalue weighted by molar-refractivity contribution is 7.10. The highest BCUT2D eigenvalue weighted by Gasteiger charge is 2.11. The molecule has 2 heterocycles. The van der Waals surface area contributed by atoms with Crippen molar-refractivity contribution in [2.75, 3.05) is 0 Å². The first-order valence-electron chi connectivity index (χ1n) is 5.49. The Balaban J connectivity index is 2.06. The fourth-order valence-electron chi connectivity index (χ4n) is 1.87. The molecule has 0 amide bonds. The molecular weight excluding hydrogens is 228 g/mol. The van der Waals surface area contributed by atoms with E-state index in [2.05, 4.69) is 17.1 Å². The highest BCUT2D eigenvalue weighted by atomic mass is 32.1. The molecule has 0 saturated carbocycles. The molecule has 3 aromatic rings. The maximum absolute atomic E-state index is 6.20. The molecular formula is C14H12N2S.